The Morgan fingerprint density at radius 2 is 2.30 bits per heavy atom. The Morgan fingerprint density at radius 3 is 2.70 bits per heavy atom. The van der Waals surface area contributed by atoms with E-state index in [0.29, 0.717) is 0 Å². The third kappa shape index (κ3) is 2.00. The number of hydrogen-bond donors (Lipinski definition) is 0. The Labute approximate surface area is 62.4 Å². The van der Waals surface area contributed by atoms with Crippen molar-refractivity contribution in [3.63, 3.8) is 0 Å². The van der Waals surface area contributed by atoms with Crippen molar-refractivity contribution in [3.8, 4) is 6.07 Å². The first-order valence-corrected chi connectivity index (χ1v) is 4.02. The molecule has 10 heavy (non-hydrogen) atoms. The molecule has 1 rings (SSSR count). The number of rotatable bonds is 4. The van der Waals surface area contributed by atoms with Gasteiger partial charge in [0.2, 0.25) is 0 Å². The topological polar surface area (TPSA) is 26.8 Å². The molecule has 0 N–H and O–H groups in total. The van der Waals surface area contributed by atoms with Crippen molar-refractivity contribution in [2.45, 2.75) is 32.2 Å². The highest BCUT2D eigenvalue weighted by Gasteiger charge is 2.26. The summed E-state index contributed by atoms with van der Waals surface area (Å²) in [6, 6.07) is 2.55. The van der Waals surface area contributed by atoms with Crippen LogP contribution in [0.2, 0.25) is 0 Å². The summed E-state index contributed by atoms with van der Waals surface area (Å²) in [6.07, 6.45) is 3.45. The zero-order valence-electron chi connectivity index (χ0n) is 6.51. The standard InChI is InChI=1S/C8H14N2/c1-2-3-4-8(7-9)10-5-6-10/h8H,2-6H2,1H3. The predicted molar refractivity (Wildman–Crippen MR) is 40.5 cm³/mol. The number of nitrogens with zero attached hydrogens (tertiary/aromatic N) is 2. The highest BCUT2D eigenvalue weighted by Crippen LogP contribution is 2.14. The van der Waals surface area contributed by atoms with E-state index < -0.39 is 0 Å². The van der Waals surface area contributed by atoms with Gasteiger partial charge in [-0.2, -0.15) is 5.26 Å². The minimum Gasteiger partial charge on any atom is -0.285 e. The minimum atomic E-state index is 0.222. The van der Waals surface area contributed by atoms with Gasteiger partial charge < -0.3 is 0 Å². The van der Waals surface area contributed by atoms with Crippen LogP contribution in [0.1, 0.15) is 26.2 Å². The Balaban J connectivity index is 2.15. The van der Waals surface area contributed by atoms with Crippen LogP contribution in [0.15, 0.2) is 0 Å². The van der Waals surface area contributed by atoms with Crippen LogP contribution in [0, 0.1) is 11.3 Å². The maximum Gasteiger partial charge on any atom is 0.0978 e. The van der Waals surface area contributed by atoms with Crippen molar-refractivity contribution in [2.75, 3.05) is 13.1 Å². The van der Waals surface area contributed by atoms with Crippen LogP contribution in [0.4, 0.5) is 0 Å². The molecule has 56 valence electrons. The average molecular weight is 138 g/mol. The second-order valence-corrected chi connectivity index (χ2v) is 2.82. The van der Waals surface area contributed by atoms with Crippen molar-refractivity contribution in [1.82, 2.24) is 4.90 Å². The molecule has 1 saturated heterocycles. The molecule has 0 radical (unpaired) electrons. The normalized spacial score (nSPS) is 20.0. The zero-order valence-corrected chi connectivity index (χ0v) is 6.51. The van der Waals surface area contributed by atoms with Gasteiger partial charge in [-0.3, -0.25) is 4.90 Å². The van der Waals surface area contributed by atoms with Gasteiger partial charge in [-0.05, 0) is 6.42 Å². The monoisotopic (exact) mass is 138 g/mol. The Bertz CT molecular complexity index is 133. The summed E-state index contributed by atoms with van der Waals surface area (Å²) in [5.41, 5.74) is 0. The first-order valence-electron chi connectivity index (χ1n) is 4.02. The molecule has 1 aliphatic rings. The molecule has 0 saturated carbocycles. The van der Waals surface area contributed by atoms with E-state index in [1.54, 1.807) is 0 Å². The molecule has 0 amide bonds. The van der Waals surface area contributed by atoms with Crippen molar-refractivity contribution in [1.29, 1.82) is 5.26 Å². The Hall–Kier alpha value is -0.550. The van der Waals surface area contributed by atoms with E-state index in [1.165, 1.54) is 12.8 Å². The van der Waals surface area contributed by atoms with Gasteiger partial charge >= 0.3 is 0 Å². The highest BCUT2D eigenvalue weighted by molar-refractivity contribution is 4.96. The molecule has 1 aliphatic heterocycles. The van der Waals surface area contributed by atoms with E-state index in [4.69, 9.17) is 5.26 Å². The Kier molecular flexibility index (Phi) is 2.70. The molecule has 0 bridgehead atoms. The van der Waals surface area contributed by atoms with Gasteiger partial charge in [-0.1, -0.05) is 19.8 Å². The summed E-state index contributed by atoms with van der Waals surface area (Å²) in [5.74, 6) is 0. The van der Waals surface area contributed by atoms with Crippen LogP contribution in [0.5, 0.6) is 0 Å². The summed E-state index contributed by atoms with van der Waals surface area (Å²) in [7, 11) is 0. The largest absolute Gasteiger partial charge is 0.285 e. The van der Waals surface area contributed by atoms with Crippen LogP contribution in [-0.2, 0) is 0 Å². The summed E-state index contributed by atoms with van der Waals surface area (Å²) >= 11 is 0. The minimum absolute atomic E-state index is 0.222. The van der Waals surface area contributed by atoms with Crippen LogP contribution in [-0.4, -0.2) is 24.0 Å². The molecule has 0 aromatic carbocycles. The van der Waals surface area contributed by atoms with Gasteiger partial charge in [0.1, 0.15) is 0 Å². The molecular formula is C8H14N2. The van der Waals surface area contributed by atoms with E-state index in [9.17, 15) is 0 Å². The van der Waals surface area contributed by atoms with Gasteiger partial charge in [-0.25, -0.2) is 0 Å². The molecular weight excluding hydrogens is 124 g/mol. The van der Waals surface area contributed by atoms with Crippen molar-refractivity contribution in [3.05, 3.63) is 0 Å². The molecule has 1 fully saturated rings. The number of hydrogen-bond acceptors (Lipinski definition) is 2. The van der Waals surface area contributed by atoms with E-state index in [2.05, 4.69) is 17.9 Å². The summed E-state index contributed by atoms with van der Waals surface area (Å²) in [4.78, 5) is 2.22. The van der Waals surface area contributed by atoms with Crippen molar-refractivity contribution >= 4 is 0 Å². The van der Waals surface area contributed by atoms with Crippen LogP contribution in [0.3, 0.4) is 0 Å². The third-order valence-electron chi connectivity index (χ3n) is 1.90. The molecule has 1 heterocycles. The fourth-order valence-corrected chi connectivity index (χ4v) is 1.10. The van der Waals surface area contributed by atoms with Gasteiger partial charge in [0.15, 0.2) is 0 Å². The van der Waals surface area contributed by atoms with Gasteiger partial charge in [-0.15, -0.1) is 0 Å². The molecule has 0 aromatic rings. The summed E-state index contributed by atoms with van der Waals surface area (Å²) in [5, 5.41) is 8.67. The van der Waals surface area contributed by atoms with E-state index in [1.807, 2.05) is 0 Å². The fourth-order valence-electron chi connectivity index (χ4n) is 1.10. The first kappa shape index (κ1) is 7.56. The second-order valence-electron chi connectivity index (χ2n) is 2.82. The lowest BCUT2D eigenvalue weighted by atomic mass is 10.1. The predicted octanol–water partition coefficient (Wildman–Crippen LogP) is 1.38. The molecule has 0 aliphatic carbocycles. The average Bonchev–Trinajstić information content (AvgIpc) is 2.73. The molecule has 0 aromatic heterocycles. The first-order chi connectivity index (χ1) is 4.88. The molecule has 1 unspecified atom stereocenters. The maximum atomic E-state index is 8.67. The maximum absolute atomic E-state index is 8.67. The lowest BCUT2D eigenvalue weighted by Crippen LogP contribution is -2.15. The molecule has 1 atom stereocenters. The second kappa shape index (κ2) is 3.58. The fraction of sp³-hybridized carbons (Fsp3) is 0.875. The summed E-state index contributed by atoms with van der Waals surface area (Å²) in [6.45, 7) is 4.44. The molecule has 0 spiro atoms. The molecule has 2 nitrogen and oxygen atoms in total. The lowest BCUT2D eigenvalue weighted by molar-refractivity contribution is 0.437. The number of nitriles is 1. The van der Waals surface area contributed by atoms with Crippen LogP contribution >= 0.6 is 0 Å². The SMILES string of the molecule is CCCCC(C#N)N1CC1. The highest BCUT2D eigenvalue weighted by atomic mass is 15.3. The molecule has 2 heteroatoms. The van der Waals surface area contributed by atoms with Crippen molar-refractivity contribution < 1.29 is 0 Å². The van der Waals surface area contributed by atoms with Gasteiger partial charge in [0.25, 0.3) is 0 Å². The van der Waals surface area contributed by atoms with E-state index in [0.717, 1.165) is 19.5 Å². The lowest BCUT2D eigenvalue weighted by Gasteiger charge is -2.06. The van der Waals surface area contributed by atoms with E-state index >= 15 is 0 Å². The number of unbranched alkanes of at least 4 members (excludes halogenated alkanes) is 1. The van der Waals surface area contributed by atoms with Crippen LogP contribution in [0.25, 0.3) is 0 Å². The zero-order chi connectivity index (χ0) is 7.40. The quantitative estimate of drug-likeness (QED) is 0.549. The van der Waals surface area contributed by atoms with E-state index in [-0.39, 0.29) is 6.04 Å². The van der Waals surface area contributed by atoms with Gasteiger partial charge in [0, 0.05) is 13.1 Å². The van der Waals surface area contributed by atoms with Crippen molar-refractivity contribution in [2.24, 2.45) is 0 Å². The third-order valence-corrected chi connectivity index (χ3v) is 1.90. The summed E-state index contributed by atoms with van der Waals surface area (Å²) < 4.78 is 0. The van der Waals surface area contributed by atoms with Gasteiger partial charge in [0.05, 0.1) is 12.1 Å². The smallest absolute Gasteiger partial charge is 0.0978 e. The Morgan fingerprint density at radius 1 is 1.60 bits per heavy atom. The van der Waals surface area contributed by atoms with Crippen LogP contribution < -0.4 is 0 Å².